The van der Waals surface area contributed by atoms with Crippen LogP contribution in [0.3, 0.4) is 0 Å². The molecule has 7 heteroatoms. The van der Waals surface area contributed by atoms with Crippen LogP contribution in [0, 0.1) is 5.92 Å². The van der Waals surface area contributed by atoms with Crippen molar-refractivity contribution in [1.82, 2.24) is 20.0 Å². The van der Waals surface area contributed by atoms with E-state index in [2.05, 4.69) is 15.1 Å². The number of likely N-dealkylation sites (tertiary alicyclic amines) is 1. The second kappa shape index (κ2) is 9.28. The highest BCUT2D eigenvalue weighted by Crippen LogP contribution is 2.26. The van der Waals surface area contributed by atoms with E-state index >= 15 is 0 Å². The molecule has 7 nitrogen and oxygen atoms in total. The van der Waals surface area contributed by atoms with Crippen LogP contribution in [-0.4, -0.2) is 52.2 Å². The Kier molecular flexibility index (Phi) is 6.31. The Labute approximate surface area is 165 Å². The minimum atomic E-state index is 0.194. The van der Waals surface area contributed by atoms with Crippen molar-refractivity contribution in [3.05, 3.63) is 41.8 Å². The number of ether oxygens (including phenoxy) is 1. The van der Waals surface area contributed by atoms with E-state index in [-0.39, 0.29) is 5.91 Å². The molecule has 2 aliphatic rings. The van der Waals surface area contributed by atoms with Crippen molar-refractivity contribution in [1.29, 1.82) is 0 Å². The van der Waals surface area contributed by atoms with Crippen LogP contribution in [0.5, 0.6) is 0 Å². The molecule has 2 fully saturated rings. The van der Waals surface area contributed by atoms with Gasteiger partial charge in [0.05, 0.1) is 6.42 Å². The summed E-state index contributed by atoms with van der Waals surface area (Å²) in [5.41, 5.74) is 0.974. The van der Waals surface area contributed by atoms with Crippen LogP contribution in [0.2, 0.25) is 0 Å². The van der Waals surface area contributed by atoms with Crippen LogP contribution in [0.1, 0.15) is 55.3 Å². The maximum atomic E-state index is 12.6. The molecule has 1 amide bonds. The lowest BCUT2D eigenvalue weighted by molar-refractivity contribution is -0.132. The van der Waals surface area contributed by atoms with Gasteiger partial charge in [0.25, 0.3) is 0 Å². The Hall–Kier alpha value is -2.28. The van der Waals surface area contributed by atoms with Gasteiger partial charge in [-0.1, -0.05) is 11.2 Å². The first-order chi connectivity index (χ1) is 13.8. The number of aryl methyl sites for hydroxylation is 1. The minimum absolute atomic E-state index is 0.194. The van der Waals surface area contributed by atoms with Gasteiger partial charge in [0.2, 0.25) is 11.8 Å². The summed E-state index contributed by atoms with van der Waals surface area (Å²) in [6, 6.07) is 3.83. The third-order valence-electron chi connectivity index (χ3n) is 5.78. The van der Waals surface area contributed by atoms with E-state index in [0.717, 1.165) is 82.1 Å². The molecule has 4 heterocycles. The number of amides is 1. The van der Waals surface area contributed by atoms with Crippen molar-refractivity contribution in [3.8, 4) is 0 Å². The molecule has 0 aromatic carbocycles. The smallest absolute Gasteiger partial charge is 0.229 e. The van der Waals surface area contributed by atoms with E-state index in [1.807, 2.05) is 17.0 Å². The highest BCUT2D eigenvalue weighted by Gasteiger charge is 2.25. The van der Waals surface area contributed by atoms with E-state index in [0.29, 0.717) is 18.3 Å². The maximum Gasteiger partial charge on any atom is 0.229 e. The van der Waals surface area contributed by atoms with E-state index in [4.69, 9.17) is 9.26 Å². The third kappa shape index (κ3) is 4.95. The minimum Gasteiger partial charge on any atom is -0.381 e. The predicted octanol–water partition coefficient (Wildman–Crippen LogP) is 2.77. The van der Waals surface area contributed by atoms with Gasteiger partial charge in [-0.2, -0.15) is 4.98 Å². The summed E-state index contributed by atoms with van der Waals surface area (Å²) in [5.74, 6) is 2.58. The normalized spacial score (nSPS) is 21.0. The zero-order valence-corrected chi connectivity index (χ0v) is 16.3. The molecule has 1 unspecified atom stereocenters. The molecule has 2 saturated heterocycles. The second-order valence-electron chi connectivity index (χ2n) is 7.86. The van der Waals surface area contributed by atoms with E-state index in [9.17, 15) is 4.79 Å². The summed E-state index contributed by atoms with van der Waals surface area (Å²) >= 11 is 0. The van der Waals surface area contributed by atoms with Crippen molar-refractivity contribution in [2.24, 2.45) is 5.92 Å². The highest BCUT2D eigenvalue weighted by atomic mass is 16.5. The molecule has 0 radical (unpaired) electrons. The molecule has 1 atom stereocenters. The topological polar surface area (TPSA) is 81.4 Å². The van der Waals surface area contributed by atoms with Crippen LogP contribution < -0.4 is 0 Å². The molecule has 0 spiro atoms. The van der Waals surface area contributed by atoms with Crippen LogP contribution in [0.4, 0.5) is 0 Å². The molecular weight excluding hydrogens is 356 g/mol. The Morgan fingerprint density at radius 3 is 2.96 bits per heavy atom. The van der Waals surface area contributed by atoms with Crippen molar-refractivity contribution in [2.45, 2.75) is 50.9 Å². The highest BCUT2D eigenvalue weighted by molar-refractivity contribution is 5.78. The molecule has 2 aromatic heterocycles. The number of hydrogen-bond donors (Lipinski definition) is 0. The van der Waals surface area contributed by atoms with E-state index in [1.54, 1.807) is 12.4 Å². The number of rotatable bonds is 6. The second-order valence-corrected chi connectivity index (χ2v) is 7.86. The van der Waals surface area contributed by atoms with Gasteiger partial charge in [-0.05, 0) is 49.7 Å². The molecule has 150 valence electrons. The number of carbonyl (C=O) groups is 1. The van der Waals surface area contributed by atoms with Crippen LogP contribution in [0.25, 0.3) is 0 Å². The number of aromatic nitrogens is 3. The standard InChI is InChI=1S/C21H28N4O3/c26-20(13-17-3-1-9-22-14-17)25-10-2-4-16(15-25)5-6-19-23-21(28-24-19)18-7-11-27-12-8-18/h1,3,9,14,16,18H,2,4-8,10-13,15H2. The van der Waals surface area contributed by atoms with Gasteiger partial charge in [-0.15, -0.1) is 0 Å². The third-order valence-corrected chi connectivity index (χ3v) is 5.78. The largest absolute Gasteiger partial charge is 0.381 e. The van der Waals surface area contributed by atoms with Gasteiger partial charge in [0.1, 0.15) is 0 Å². The summed E-state index contributed by atoms with van der Waals surface area (Å²) in [5, 5.41) is 4.17. The predicted molar refractivity (Wildman–Crippen MR) is 103 cm³/mol. The average Bonchev–Trinajstić information content (AvgIpc) is 3.23. The van der Waals surface area contributed by atoms with E-state index in [1.165, 1.54) is 0 Å². The van der Waals surface area contributed by atoms with Crippen LogP contribution in [0.15, 0.2) is 29.0 Å². The lowest BCUT2D eigenvalue weighted by atomic mass is 9.93. The fourth-order valence-corrected chi connectivity index (χ4v) is 4.13. The van der Waals surface area contributed by atoms with Gasteiger partial charge >= 0.3 is 0 Å². The summed E-state index contributed by atoms with van der Waals surface area (Å²) in [7, 11) is 0. The summed E-state index contributed by atoms with van der Waals surface area (Å²) < 4.78 is 10.9. The first kappa shape index (κ1) is 19.1. The molecule has 2 aromatic rings. The first-order valence-electron chi connectivity index (χ1n) is 10.3. The molecule has 0 bridgehead atoms. The van der Waals surface area contributed by atoms with Crippen LogP contribution in [-0.2, 0) is 22.4 Å². The lowest BCUT2D eigenvalue weighted by Gasteiger charge is -2.32. The fourth-order valence-electron chi connectivity index (χ4n) is 4.13. The molecule has 28 heavy (non-hydrogen) atoms. The van der Waals surface area contributed by atoms with Gasteiger partial charge in [0.15, 0.2) is 5.82 Å². The molecule has 4 rings (SSSR count). The average molecular weight is 384 g/mol. The van der Waals surface area contributed by atoms with Gasteiger partial charge in [-0.3, -0.25) is 9.78 Å². The van der Waals surface area contributed by atoms with Crippen molar-refractivity contribution < 1.29 is 14.1 Å². The SMILES string of the molecule is O=C(Cc1cccnc1)N1CCCC(CCc2noc(C3CCOCC3)n2)C1. The fraction of sp³-hybridized carbons (Fsp3) is 0.619. The van der Waals surface area contributed by atoms with Crippen molar-refractivity contribution in [3.63, 3.8) is 0 Å². The molecule has 0 N–H and O–H groups in total. The number of hydrogen-bond acceptors (Lipinski definition) is 6. The maximum absolute atomic E-state index is 12.6. The number of piperidine rings is 1. The van der Waals surface area contributed by atoms with Crippen molar-refractivity contribution in [2.75, 3.05) is 26.3 Å². The van der Waals surface area contributed by atoms with Crippen LogP contribution >= 0.6 is 0 Å². The van der Waals surface area contributed by atoms with Gasteiger partial charge < -0.3 is 14.2 Å². The zero-order chi connectivity index (χ0) is 19.2. The monoisotopic (exact) mass is 384 g/mol. The van der Waals surface area contributed by atoms with Gasteiger partial charge in [0, 0.05) is 51.0 Å². The van der Waals surface area contributed by atoms with Gasteiger partial charge in [-0.25, -0.2) is 0 Å². The molecule has 0 saturated carbocycles. The van der Waals surface area contributed by atoms with E-state index < -0.39 is 0 Å². The first-order valence-corrected chi connectivity index (χ1v) is 10.3. The Morgan fingerprint density at radius 1 is 1.25 bits per heavy atom. The van der Waals surface area contributed by atoms with Crippen molar-refractivity contribution >= 4 is 5.91 Å². The Bertz CT molecular complexity index is 758. The summed E-state index contributed by atoms with van der Waals surface area (Å²) in [6.45, 7) is 3.22. The lowest BCUT2D eigenvalue weighted by Crippen LogP contribution is -2.40. The number of carbonyl (C=O) groups excluding carboxylic acids is 1. The number of nitrogens with zero attached hydrogens (tertiary/aromatic N) is 4. The number of pyridine rings is 1. The summed E-state index contributed by atoms with van der Waals surface area (Å²) in [4.78, 5) is 23.3. The Balaban J connectivity index is 1.26. The molecular formula is C21H28N4O3. The zero-order valence-electron chi connectivity index (χ0n) is 16.3. The molecule has 2 aliphatic heterocycles. The quantitative estimate of drug-likeness (QED) is 0.762. The molecule has 0 aliphatic carbocycles. The summed E-state index contributed by atoms with van der Waals surface area (Å²) in [6.07, 6.45) is 9.86. The Morgan fingerprint density at radius 2 is 2.14 bits per heavy atom.